The van der Waals surface area contributed by atoms with Crippen LogP contribution in [0.5, 0.6) is 5.75 Å². The molecule has 23 heavy (non-hydrogen) atoms. The van der Waals surface area contributed by atoms with E-state index >= 15 is 0 Å². The molecule has 3 N–H and O–H groups in total. The average molecular weight is 309 g/mol. The fourth-order valence-electron chi connectivity index (χ4n) is 2.39. The lowest BCUT2D eigenvalue weighted by atomic mass is 10.0. The predicted molar refractivity (Wildman–Crippen MR) is 86.9 cm³/mol. The molecule has 1 atom stereocenters. The van der Waals surface area contributed by atoms with Gasteiger partial charge in [0.2, 0.25) is 0 Å². The van der Waals surface area contributed by atoms with Crippen LogP contribution in [0.1, 0.15) is 11.3 Å². The number of carboxylic acids is 1. The SMILES string of the molecule is O=C(O)C(Cc1cnc[nH]1)N=Cc1c(O)ccc2ccccc12. The molecule has 116 valence electrons. The molecule has 0 spiro atoms. The van der Waals surface area contributed by atoms with Crippen LogP contribution in [0.25, 0.3) is 10.8 Å². The second-order valence-corrected chi connectivity index (χ2v) is 5.13. The average Bonchev–Trinajstić information content (AvgIpc) is 3.05. The third-order valence-electron chi connectivity index (χ3n) is 3.58. The van der Waals surface area contributed by atoms with Crippen LogP contribution in [0.15, 0.2) is 53.9 Å². The third kappa shape index (κ3) is 3.21. The molecule has 3 aromatic rings. The van der Waals surface area contributed by atoms with E-state index in [9.17, 15) is 15.0 Å². The Bertz CT molecular complexity index is 857. The Morgan fingerprint density at radius 2 is 2.13 bits per heavy atom. The highest BCUT2D eigenvalue weighted by Crippen LogP contribution is 2.25. The van der Waals surface area contributed by atoms with Gasteiger partial charge < -0.3 is 15.2 Å². The molecule has 1 unspecified atom stereocenters. The number of aliphatic carboxylic acids is 1. The summed E-state index contributed by atoms with van der Waals surface area (Å²) in [5.41, 5.74) is 1.20. The number of aliphatic imine (C=N–C) groups is 1. The van der Waals surface area contributed by atoms with Gasteiger partial charge in [-0.3, -0.25) is 4.99 Å². The number of carbonyl (C=O) groups is 1. The second kappa shape index (κ2) is 6.31. The molecule has 1 aromatic heterocycles. The summed E-state index contributed by atoms with van der Waals surface area (Å²) in [6.45, 7) is 0. The number of H-pyrrole nitrogens is 1. The van der Waals surface area contributed by atoms with Crippen molar-refractivity contribution in [3.63, 3.8) is 0 Å². The van der Waals surface area contributed by atoms with Crippen LogP contribution >= 0.6 is 0 Å². The quantitative estimate of drug-likeness (QED) is 0.630. The predicted octanol–water partition coefficient (Wildman–Crippen LogP) is 2.38. The van der Waals surface area contributed by atoms with Gasteiger partial charge in [0, 0.05) is 30.1 Å². The maximum Gasteiger partial charge on any atom is 0.328 e. The number of hydrogen-bond donors (Lipinski definition) is 3. The molecule has 0 bridgehead atoms. The topological polar surface area (TPSA) is 98.6 Å². The van der Waals surface area contributed by atoms with Crippen LogP contribution in [0.3, 0.4) is 0 Å². The van der Waals surface area contributed by atoms with Gasteiger partial charge in [0.1, 0.15) is 5.75 Å². The van der Waals surface area contributed by atoms with Crippen molar-refractivity contribution in [1.82, 2.24) is 9.97 Å². The number of nitrogens with one attached hydrogen (secondary N) is 1. The van der Waals surface area contributed by atoms with Gasteiger partial charge in [0.05, 0.1) is 6.33 Å². The fourth-order valence-corrected chi connectivity index (χ4v) is 2.39. The highest BCUT2D eigenvalue weighted by Gasteiger charge is 2.17. The Hall–Kier alpha value is -3.15. The van der Waals surface area contributed by atoms with Gasteiger partial charge in [0.15, 0.2) is 6.04 Å². The zero-order valence-electron chi connectivity index (χ0n) is 12.2. The molecule has 6 heteroatoms. The Morgan fingerprint density at radius 1 is 1.30 bits per heavy atom. The number of imidazole rings is 1. The minimum absolute atomic E-state index is 0.0677. The van der Waals surface area contributed by atoms with Gasteiger partial charge >= 0.3 is 5.97 Å². The summed E-state index contributed by atoms with van der Waals surface area (Å²) in [6.07, 6.45) is 4.69. The Balaban J connectivity index is 1.94. The lowest BCUT2D eigenvalue weighted by molar-refractivity contribution is -0.138. The van der Waals surface area contributed by atoms with Gasteiger partial charge in [-0.15, -0.1) is 0 Å². The number of fused-ring (bicyclic) bond motifs is 1. The van der Waals surface area contributed by atoms with E-state index < -0.39 is 12.0 Å². The van der Waals surface area contributed by atoms with E-state index in [1.54, 1.807) is 18.3 Å². The fraction of sp³-hybridized carbons (Fsp3) is 0.118. The van der Waals surface area contributed by atoms with Crippen molar-refractivity contribution in [2.24, 2.45) is 4.99 Å². The van der Waals surface area contributed by atoms with Crippen molar-refractivity contribution < 1.29 is 15.0 Å². The molecule has 0 saturated carbocycles. The Labute approximate surface area is 132 Å². The van der Waals surface area contributed by atoms with Crippen molar-refractivity contribution in [1.29, 1.82) is 0 Å². The largest absolute Gasteiger partial charge is 0.507 e. The Morgan fingerprint density at radius 3 is 2.87 bits per heavy atom. The minimum Gasteiger partial charge on any atom is -0.507 e. The highest BCUT2D eigenvalue weighted by atomic mass is 16.4. The van der Waals surface area contributed by atoms with Crippen LogP contribution in [-0.4, -0.2) is 38.4 Å². The van der Waals surface area contributed by atoms with Crippen molar-refractivity contribution in [3.05, 3.63) is 60.2 Å². The standard InChI is InChI=1S/C17H15N3O3/c21-16-6-5-11-3-1-2-4-13(11)14(16)9-19-15(17(22)23)7-12-8-18-10-20-12/h1-6,8-10,15,21H,7H2,(H,18,20)(H,22,23). The maximum atomic E-state index is 11.4. The summed E-state index contributed by atoms with van der Waals surface area (Å²) < 4.78 is 0. The van der Waals surface area contributed by atoms with E-state index in [-0.39, 0.29) is 12.2 Å². The van der Waals surface area contributed by atoms with Gasteiger partial charge in [-0.05, 0) is 16.8 Å². The molecule has 0 fully saturated rings. The Kier molecular flexibility index (Phi) is 4.05. The summed E-state index contributed by atoms with van der Waals surface area (Å²) in [7, 11) is 0. The van der Waals surface area contributed by atoms with Gasteiger partial charge in [0.25, 0.3) is 0 Å². The van der Waals surface area contributed by atoms with Crippen LogP contribution in [0.2, 0.25) is 0 Å². The molecular formula is C17H15N3O3. The first kappa shape index (κ1) is 14.8. The van der Waals surface area contributed by atoms with Crippen LogP contribution < -0.4 is 0 Å². The zero-order valence-corrected chi connectivity index (χ0v) is 12.2. The van der Waals surface area contributed by atoms with E-state index in [0.717, 1.165) is 10.8 Å². The number of phenolic OH excluding ortho intramolecular Hbond substituents is 1. The van der Waals surface area contributed by atoms with Crippen molar-refractivity contribution >= 4 is 23.0 Å². The number of aromatic hydroxyl groups is 1. The first-order valence-electron chi connectivity index (χ1n) is 7.09. The molecule has 0 aliphatic heterocycles. The number of rotatable bonds is 5. The van der Waals surface area contributed by atoms with E-state index in [2.05, 4.69) is 15.0 Å². The number of nitrogens with zero attached hydrogens (tertiary/aromatic N) is 2. The third-order valence-corrected chi connectivity index (χ3v) is 3.58. The molecule has 2 aromatic carbocycles. The number of aromatic nitrogens is 2. The van der Waals surface area contributed by atoms with E-state index in [0.29, 0.717) is 11.3 Å². The number of benzene rings is 2. The zero-order chi connectivity index (χ0) is 16.2. The summed E-state index contributed by atoms with van der Waals surface area (Å²) >= 11 is 0. The van der Waals surface area contributed by atoms with Gasteiger partial charge in [-0.2, -0.15) is 0 Å². The van der Waals surface area contributed by atoms with Gasteiger partial charge in [-0.25, -0.2) is 9.78 Å². The number of aromatic amines is 1. The van der Waals surface area contributed by atoms with E-state index in [1.165, 1.54) is 12.5 Å². The monoisotopic (exact) mass is 309 g/mol. The summed E-state index contributed by atoms with van der Waals surface area (Å²) in [6, 6.07) is 9.98. The number of carboxylic acid groups (broad SMARTS) is 1. The molecular weight excluding hydrogens is 294 g/mol. The van der Waals surface area contributed by atoms with Crippen LogP contribution in [0.4, 0.5) is 0 Å². The number of phenols is 1. The minimum atomic E-state index is -1.03. The van der Waals surface area contributed by atoms with Gasteiger partial charge in [-0.1, -0.05) is 30.3 Å². The van der Waals surface area contributed by atoms with Crippen LogP contribution in [-0.2, 0) is 11.2 Å². The normalized spacial score (nSPS) is 12.7. The summed E-state index contributed by atoms with van der Waals surface area (Å²) in [5, 5.41) is 21.2. The summed E-state index contributed by atoms with van der Waals surface area (Å²) in [5.74, 6) is -0.964. The molecule has 6 nitrogen and oxygen atoms in total. The molecule has 1 heterocycles. The number of hydrogen-bond acceptors (Lipinski definition) is 4. The molecule has 0 aliphatic rings. The van der Waals surface area contributed by atoms with Crippen molar-refractivity contribution in [2.75, 3.05) is 0 Å². The molecule has 0 aliphatic carbocycles. The smallest absolute Gasteiger partial charge is 0.328 e. The van der Waals surface area contributed by atoms with Crippen molar-refractivity contribution in [2.45, 2.75) is 12.5 Å². The van der Waals surface area contributed by atoms with Crippen LogP contribution in [0, 0.1) is 0 Å². The molecule has 3 rings (SSSR count). The van der Waals surface area contributed by atoms with E-state index in [1.807, 2.05) is 24.3 Å². The highest BCUT2D eigenvalue weighted by molar-refractivity contribution is 6.02. The molecule has 0 saturated heterocycles. The maximum absolute atomic E-state index is 11.4. The van der Waals surface area contributed by atoms with E-state index in [4.69, 9.17) is 0 Å². The lowest BCUT2D eigenvalue weighted by Crippen LogP contribution is -2.21. The first-order chi connectivity index (χ1) is 11.1. The first-order valence-corrected chi connectivity index (χ1v) is 7.09. The lowest BCUT2D eigenvalue weighted by Gasteiger charge is -2.08. The molecule has 0 radical (unpaired) electrons. The van der Waals surface area contributed by atoms with Crippen molar-refractivity contribution in [3.8, 4) is 5.75 Å². The summed E-state index contributed by atoms with van der Waals surface area (Å²) in [4.78, 5) is 22.3. The molecule has 0 amide bonds. The second-order valence-electron chi connectivity index (χ2n) is 5.13.